The first-order valence-corrected chi connectivity index (χ1v) is 7.88. The molecule has 1 aromatic heterocycles. The molecule has 0 fully saturated rings. The molecule has 0 aliphatic carbocycles. The van der Waals surface area contributed by atoms with Gasteiger partial charge in [-0.25, -0.2) is 4.98 Å². The molecule has 0 saturated heterocycles. The number of pyridine rings is 1. The van der Waals surface area contributed by atoms with Crippen molar-refractivity contribution in [1.82, 2.24) is 4.98 Å². The van der Waals surface area contributed by atoms with Crippen molar-refractivity contribution in [3.63, 3.8) is 0 Å². The van der Waals surface area contributed by atoms with Gasteiger partial charge in [0.2, 0.25) is 0 Å². The number of methoxy groups -OCH3 is 1. The lowest BCUT2D eigenvalue weighted by Crippen LogP contribution is -1.99. The third-order valence-corrected chi connectivity index (χ3v) is 3.88. The van der Waals surface area contributed by atoms with Gasteiger partial charge in [-0.2, -0.15) is 0 Å². The number of benzene rings is 2. The van der Waals surface area contributed by atoms with Crippen LogP contribution in [0.3, 0.4) is 0 Å². The van der Waals surface area contributed by atoms with Crippen LogP contribution in [0.5, 0.6) is 5.75 Å². The second kappa shape index (κ2) is 6.81. The summed E-state index contributed by atoms with van der Waals surface area (Å²) >= 11 is 6.13. The second-order valence-electron chi connectivity index (χ2n) is 5.50. The Morgan fingerprint density at radius 1 is 1.04 bits per heavy atom. The highest BCUT2D eigenvalue weighted by atomic mass is 35.5. The van der Waals surface area contributed by atoms with Crippen LogP contribution in [0.2, 0.25) is 5.02 Å². The van der Waals surface area contributed by atoms with E-state index in [-0.39, 0.29) is 0 Å². The Bertz CT molecular complexity index is 863. The molecule has 3 aromatic rings. The highest BCUT2D eigenvalue weighted by Crippen LogP contribution is 2.34. The van der Waals surface area contributed by atoms with Crippen molar-refractivity contribution in [2.75, 3.05) is 18.2 Å². The Hall–Kier alpha value is -2.72. The molecule has 0 aliphatic heterocycles. The first-order valence-electron chi connectivity index (χ1n) is 7.50. The fourth-order valence-corrected chi connectivity index (χ4v) is 2.63. The lowest BCUT2D eigenvalue weighted by molar-refractivity contribution is 0.416. The lowest BCUT2D eigenvalue weighted by atomic mass is 10.1. The van der Waals surface area contributed by atoms with Gasteiger partial charge in [-0.1, -0.05) is 29.3 Å². The van der Waals surface area contributed by atoms with Crippen LogP contribution < -0.4 is 15.8 Å². The zero-order valence-corrected chi connectivity index (χ0v) is 14.3. The molecule has 0 amide bonds. The number of hydrogen-bond donors (Lipinski definition) is 2. The van der Waals surface area contributed by atoms with E-state index in [9.17, 15) is 0 Å². The zero-order chi connectivity index (χ0) is 17.1. The maximum Gasteiger partial charge on any atom is 0.133 e. The number of aromatic nitrogens is 1. The summed E-state index contributed by atoms with van der Waals surface area (Å²) in [6.45, 7) is 2.05. The molecule has 3 rings (SSSR count). The van der Waals surface area contributed by atoms with Crippen LogP contribution in [-0.2, 0) is 0 Å². The number of aryl methyl sites for hydroxylation is 1. The van der Waals surface area contributed by atoms with Crippen LogP contribution in [0.25, 0.3) is 11.1 Å². The van der Waals surface area contributed by atoms with Crippen molar-refractivity contribution in [2.45, 2.75) is 6.92 Å². The van der Waals surface area contributed by atoms with Gasteiger partial charge in [0.25, 0.3) is 0 Å². The Kier molecular flexibility index (Phi) is 4.58. The summed E-state index contributed by atoms with van der Waals surface area (Å²) in [4.78, 5) is 4.35. The van der Waals surface area contributed by atoms with E-state index >= 15 is 0 Å². The quantitative estimate of drug-likeness (QED) is 0.698. The summed E-state index contributed by atoms with van der Waals surface area (Å²) in [7, 11) is 1.63. The van der Waals surface area contributed by atoms with Crippen molar-refractivity contribution in [1.29, 1.82) is 0 Å². The molecule has 0 bridgehead atoms. The Morgan fingerprint density at radius 3 is 2.50 bits per heavy atom. The maximum absolute atomic E-state index is 6.13. The van der Waals surface area contributed by atoms with E-state index in [0.717, 1.165) is 22.6 Å². The number of nitrogens with one attached hydrogen (secondary N) is 1. The molecule has 5 heteroatoms. The molecule has 0 radical (unpaired) electrons. The van der Waals surface area contributed by atoms with Crippen molar-refractivity contribution < 1.29 is 4.74 Å². The maximum atomic E-state index is 6.13. The van der Waals surface area contributed by atoms with Crippen LogP contribution in [0.4, 0.5) is 17.3 Å². The fourth-order valence-electron chi connectivity index (χ4n) is 2.46. The summed E-state index contributed by atoms with van der Waals surface area (Å²) in [5.74, 6) is 1.81. The molecule has 1 heterocycles. The molecule has 0 saturated carbocycles. The lowest BCUT2D eigenvalue weighted by Gasteiger charge is -2.12. The number of ether oxygens (including phenoxy) is 1. The van der Waals surface area contributed by atoms with Gasteiger partial charge in [0.05, 0.1) is 7.11 Å². The number of nitrogen functional groups attached to an aromatic ring is 1. The minimum atomic E-state index is 0.421. The Labute approximate surface area is 146 Å². The second-order valence-corrected chi connectivity index (χ2v) is 5.94. The number of nitrogens with zero attached hydrogens (tertiary/aromatic N) is 1. The monoisotopic (exact) mass is 339 g/mol. The van der Waals surface area contributed by atoms with E-state index in [1.54, 1.807) is 19.2 Å². The third kappa shape index (κ3) is 3.60. The summed E-state index contributed by atoms with van der Waals surface area (Å²) in [6.07, 6.45) is 0. The topological polar surface area (TPSA) is 60.2 Å². The standard InChI is InChI=1S/C19H18ClN3O/c1-12-3-6-15(7-4-12)22-19-10-13(9-18(21)23-19)16-11-14(20)5-8-17(16)24-2/h3-11H,1-2H3,(H3,21,22,23). The summed E-state index contributed by atoms with van der Waals surface area (Å²) in [5.41, 5.74) is 9.88. The average Bonchev–Trinajstić information content (AvgIpc) is 2.56. The van der Waals surface area contributed by atoms with Gasteiger partial charge in [-0.05, 0) is 55.0 Å². The molecular weight excluding hydrogens is 322 g/mol. The smallest absolute Gasteiger partial charge is 0.133 e. The van der Waals surface area contributed by atoms with Crippen molar-refractivity contribution in [2.24, 2.45) is 0 Å². The van der Waals surface area contributed by atoms with Crippen LogP contribution in [0.15, 0.2) is 54.6 Å². The van der Waals surface area contributed by atoms with Crippen molar-refractivity contribution >= 4 is 28.9 Å². The van der Waals surface area contributed by atoms with Gasteiger partial charge >= 0.3 is 0 Å². The number of nitrogens with two attached hydrogens (primary N) is 1. The first-order chi connectivity index (χ1) is 11.5. The Morgan fingerprint density at radius 2 is 1.79 bits per heavy atom. The number of rotatable bonds is 4. The molecular formula is C19H18ClN3O. The molecule has 2 aromatic carbocycles. The molecule has 3 N–H and O–H groups in total. The van der Waals surface area contributed by atoms with Gasteiger partial charge in [-0.15, -0.1) is 0 Å². The summed E-state index contributed by atoms with van der Waals surface area (Å²) in [5, 5.41) is 3.90. The Balaban J connectivity index is 2.00. The normalized spacial score (nSPS) is 10.5. The number of hydrogen-bond acceptors (Lipinski definition) is 4. The average molecular weight is 340 g/mol. The molecule has 122 valence electrons. The van der Waals surface area contributed by atoms with Crippen LogP contribution >= 0.6 is 11.6 Å². The van der Waals surface area contributed by atoms with E-state index < -0.39 is 0 Å². The van der Waals surface area contributed by atoms with E-state index in [0.29, 0.717) is 16.7 Å². The molecule has 0 aliphatic rings. The zero-order valence-electron chi connectivity index (χ0n) is 13.5. The first kappa shape index (κ1) is 16.1. The fraction of sp³-hybridized carbons (Fsp3) is 0.105. The SMILES string of the molecule is COc1ccc(Cl)cc1-c1cc(N)nc(Nc2ccc(C)cc2)c1. The summed E-state index contributed by atoms with van der Waals surface area (Å²) in [6, 6.07) is 17.3. The van der Waals surface area contributed by atoms with E-state index in [2.05, 4.69) is 10.3 Å². The minimum absolute atomic E-state index is 0.421. The van der Waals surface area contributed by atoms with E-state index in [1.807, 2.05) is 49.4 Å². The predicted molar refractivity (Wildman–Crippen MR) is 100 cm³/mol. The minimum Gasteiger partial charge on any atom is -0.496 e. The number of anilines is 3. The largest absolute Gasteiger partial charge is 0.496 e. The van der Waals surface area contributed by atoms with Gasteiger partial charge in [0.1, 0.15) is 17.4 Å². The van der Waals surface area contributed by atoms with Crippen molar-refractivity contribution in [3.8, 4) is 16.9 Å². The highest BCUT2D eigenvalue weighted by molar-refractivity contribution is 6.31. The van der Waals surface area contributed by atoms with E-state index in [1.165, 1.54) is 5.56 Å². The number of halogens is 1. The van der Waals surface area contributed by atoms with Gasteiger partial charge in [0, 0.05) is 16.3 Å². The molecule has 0 spiro atoms. The predicted octanol–water partition coefficient (Wildman–Crippen LogP) is 5.04. The van der Waals surface area contributed by atoms with Crippen LogP contribution in [0, 0.1) is 6.92 Å². The van der Waals surface area contributed by atoms with Crippen LogP contribution in [0.1, 0.15) is 5.56 Å². The molecule has 4 nitrogen and oxygen atoms in total. The highest BCUT2D eigenvalue weighted by Gasteiger charge is 2.10. The van der Waals surface area contributed by atoms with Gasteiger partial charge < -0.3 is 15.8 Å². The van der Waals surface area contributed by atoms with E-state index in [4.69, 9.17) is 22.1 Å². The van der Waals surface area contributed by atoms with Crippen molar-refractivity contribution in [3.05, 3.63) is 65.2 Å². The van der Waals surface area contributed by atoms with Crippen LogP contribution in [-0.4, -0.2) is 12.1 Å². The molecule has 0 unspecified atom stereocenters. The van der Waals surface area contributed by atoms with Gasteiger partial charge in [0.15, 0.2) is 0 Å². The molecule has 24 heavy (non-hydrogen) atoms. The third-order valence-electron chi connectivity index (χ3n) is 3.64. The summed E-state index contributed by atoms with van der Waals surface area (Å²) < 4.78 is 5.43. The van der Waals surface area contributed by atoms with Gasteiger partial charge in [-0.3, -0.25) is 0 Å². The molecule has 0 atom stereocenters.